The molecule has 0 aliphatic carbocycles. The van der Waals surface area contributed by atoms with Gasteiger partial charge in [-0.2, -0.15) is 0 Å². The summed E-state index contributed by atoms with van der Waals surface area (Å²) in [5.41, 5.74) is 0.267. The zero-order chi connectivity index (χ0) is 9.19. The van der Waals surface area contributed by atoms with Crippen LogP contribution in [0.1, 0.15) is 33.6 Å². The van der Waals surface area contributed by atoms with Crippen LogP contribution in [-0.2, 0) is 0 Å². The quantitative estimate of drug-likeness (QED) is 0.641. The van der Waals surface area contributed by atoms with E-state index in [1.54, 1.807) is 0 Å². The number of hydrogen-bond acceptors (Lipinski definition) is 2. The smallest absolute Gasteiger partial charge is 0.0200 e. The van der Waals surface area contributed by atoms with Crippen LogP contribution in [0.3, 0.4) is 0 Å². The first-order valence-electron chi connectivity index (χ1n) is 4.93. The van der Waals surface area contributed by atoms with E-state index < -0.39 is 0 Å². The van der Waals surface area contributed by atoms with Crippen LogP contribution >= 0.6 is 0 Å². The van der Waals surface area contributed by atoms with Crippen molar-refractivity contribution in [1.82, 2.24) is 10.2 Å². The summed E-state index contributed by atoms with van der Waals surface area (Å²) >= 11 is 0. The van der Waals surface area contributed by atoms with Gasteiger partial charge in [0.2, 0.25) is 0 Å². The summed E-state index contributed by atoms with van der Waals surface area (Å²) < 4.78 is 0. The molecule has 0 spiro atoms. The van der Waals surface area contributed by atoms with Crippen molar-refractivity contribution >= 4 is 0 Å². The van der Waals surface area contributed by atoms with E-state index >= 15 is 0 Å². The highest BCUT2D eigenvalue weighted by atomic mass is 15.1. The number of nitrogens with zero attached hydrogens (tertiary/aromatic N) is 1. The van der Waals surface area contributed by atoms with E-state index in [0.717, 1.165) is 0 Å². The molecule has 1 fully saturated rings. The predicted octanol–water partition coefficient (Wildman–Crippen LogP) is 1.47. The second-order valence-corrected chi connectivity index (χ2v) is 5.00. The summed E-state index contributed by atoms with van der Waals surface area (Å²) in [6.45, 7) is 9.18. The minimum Gasteiger partial charge on any atom is -0.308 e. The van der Waals surface area contributed by atoms with Gasteiger partial charge in [-0.05, 0) is 47.2 Å². The van der Waals surface area contributed by atoms with Crippen LogP contribution in [0.2, 0.25) is 0 Å². The van der Waals surface area contributed by atoms with Crippen molar-refractivity contribution in [3.05, 3.63) is 0 Å². The van der Waals surface area contributed by atoms with Gasteiger partial charge < -0.3 is 10.2 Å². The first-order chi connectivity index (χ1) is 5.47. The molecule has 0 radical (unpaired) electrons. The highest BCUT2D eigenvalue weighted by molar-refractivity contribution is 4.82. The topological polar surface area (TPSA) is 15.3 Å². The normalized spacial score (nSPS) is 27.5. The molecule has 0 aromatic carbocycles. The molecule has 2 nitrogen and oxygen atoms in total. The van der Waals surface area contributed by atoms with Crippen molar-refractivity contribution in [3.63, 3.8) is 0 Å². The predicted molar refractivity (Wildman–Crippen MR) is 53.4 cm³/mol. The Morgan fingerprint density at radius 2 is 2.00 bits per heavy atom. The van der Waals surface area contributed by atoms with Crippen molar-refractivity contribution < 1.29 is 0 Å². The van der Waals surface area contributed by atoms with Gasteiger partial charge in [-0.1, -0.05) is 0 Å². The molecule has 12 heavy (non-hydrogen) atoms. The van der Waals surface area contributed by atoms with Crippen molar-refractivity contribution in [2.45, 2.75) is 45.2 Å². The third-order valence-electron chi connectivity index (χ3n) is 2.26. The van der Waals surface area contributed by atoms with E-state index in [1.165, 1.54) is 25.9 Å². The summed E-state index contributed by atoms with van der Waals surface area (Å²) in [5.74, 6) is 0. The van der Waals surface area contributed by atoms with Crippen molar-refractivity contribution in [2.75, 3.05) is 20.1 Å². The molecule has 0 unspecified atom stereocenters. The first kappa shape index (κ1) is 10.0. The molecule has 0 amide bonds. The Hall–Kier alpha value is -0.0800. The van der Waals surface area contributed by atoms with Crippen LogP contribution in [0.15, 0.2) is 0 Å². The van der Waals surface area contributed by atoms with Gasteiger partial charge in [0.05, 0.1) is 0 Å². The lowest BCUT2D eigenvalue weighted by Crippen LogP contribution is -2.50. The fourth-order valence-corrected chi connectivity index (χ4v) is 1.90. The molecule has 1 heterocycles. The molecular formula is C10H22N2. The van der Waals surface area contributed by atoms with Gasteiger partial charge >= 0.3 is 0 Å². The Balaban J connectivity index is 2.32. The summed E-state index contributed by atoms with van der Waals surface area (Å²) in [6, 6.07) is 0.698. The van der Waals surface area contributed by atoms with Crippen LogP contribution < -0.4 is 5.32 Å². The second-order valence-electron chi connectivity index (χ2n) is 5.00. The van der Waals surface area contributed by atoms with Crippen molar-refractivity contribution in [1.29, 1.82) is 0 Å². The Morgan fingerprint density at radius 1 is 1.33 bits per heavy atom. The summed E-state index contributed by atoms with van der Waals surface area (Å²) in [7, 11) is 2.20. The molecule has 0 aromatic heterocycles. The number of hydrogen-bond donors (Lipinski definition) is 1. The van der Waals surface area contributed by atoms with Gasteiger partial charge in [0, 0.05) is 18.1 Å². The van der Waals surface area contributed by atoms with Gasteiger partial charge in [0.25, 0.3) is 0 Å². The molecule has 1 rings (SSSR count). The van der Waals surface area contributed by atoms with Gasteiger partial charge in [0.15, 0.2) is 0 Å². The zero-order valence-electron chi connectivity index (χ0n) is 8.85. The maximum Gasteiger partial charge on any atom is 0.0200 e. The lowest BCUT2D eigenvalue weighted by Gasteiger charge is -2.35. The molecular weight excluding hydrogens is 148 g/mol. The molecule has 72 valence electrons. The average Bonchev–Trinajstić information content (AvgIpc) is 1.82. The molecule has 0 bridgehead atoms. The highest BCUT2D eigenvalue weighted by Crippen LogP contribution is 2.11. The third-order valence-corrected chi connectivity index (χ3v) is 2.26. The molecule has 1 saturated heterocycles. The van der Waals surface area contributed by atoms with Gasteiger partial charge in [-0.3, -0.25) is 0 Å². The monoisotopic (exact) mass is 170 g/mol. The van der Waals surface area contributed by atoms with Crippen LogP contribution in [-0.4, -0.2) is 36.6 Å². The summed E-state index contributed by atoms with van der Waals surface area (Å²) in [5, 5.41) is 3.65. The minimum atomic E-state index is 0.267. The number of rotatable bonds is 1. The molecule has 0 aromatic rings. The Kier molecular flexibility index (Phi) is 3.13. The second kappa shape index (κ2) is 3.75. The van der Waals surface area contributed by atoms with E-state index in [1.807, 2.05) is 0 Å². The molecule has 1 atom stereocenters. The maximum absolute atomic E-state index is 3.65. The standard InChI is InChI=1S/C10H22N2/c1-10(2,3)11-9-6-5-7-12(4)8-9/h9,11H,5-8H2,1-4H3/t9-/m1/s1. The number of likely N-dealkylation sites (tertiary alicyclic amines) is 1. The molecule has 1 aliphatic rings. The zero-order valence-corrected chi connectivity index (χ0v) is 8.85. The van der Waals surface area contributed by atoms with E-state index in [0.29, 0.717) is 6.04 Å². The van der Waals surface area contributed by atoms with E-state index in [4.69, 9.17) is 0 Å². The molecule has 1 N–H and O–H groups in total. The van der Waals surface area contributed by atoms with Crippen LogP contribution in [0.4, 0.5) is 0 Å². The number of nitrogens with one attached hydrogen (secondary N) is 1. The Labute approximate surface area is 76.3 Å². The summed E-state index contributed by atoms with van der Waals surface area (Å²) in [4.78, 5) is 2.41. The van der Waals surface area contributed by atoms with E-state index in [-0.39, 0.29) is 5.54 Å². The number of piperidine rings is 1. The van der Waals surface area contributed by atoms with Crippen LogP contribution in [0.25, 0.3) is 0 Å². The fraction of sp³-hybridized carbons (Fsp3) is 1.00. The number of likely N-dealkylation sites (N-methyl/N-ethyl adjacent to an activating group) is 1. The van der Waals surface area contributed by atoms with Crippen molar-refractivity contribution in [2.24, 2.45) is 0 Å². The Morgan fingerprint density at radius 3 is 2.50 bits per heavy atom. The molecule has 1 aliphatic heterocycles. The molecule has 2 heteroatoms. The maximum atomic E-state index is 3.65. The fourth-order valence-electron chi connectivity index (χ4n) is 1.90. The van der Waals surface area contributed by atoms with Crippen LogP contribution in [0, 0.1) is 0 Å². The van der Waals surface area contributed by atoms with Gasteiger partial charge in [0.1, 0.15) is 0 Å². The lowest BCUT2D eigenvalue weighted by molar-refractivity contribution is 0.201. The lowest BCUT2D eigenvalue weighted by atomic mass is 10.0. The van der Waals surface area contributed by atoms with Gasteiger partial charge in [-0.25, -0.2) is 0 Å². The third kappa shape index (κ3) is 3.55. The highest BCUT2D eigenvalue weighted by Gasteiger charge is 2.21. The SMILES string of the molecule is CN1CCC[C@@H](NC(C)(C)C)C1. The minimum absolute atomic E-state index is 0.267. The Bertz CT molecular complexity index is 137. The van der Waals surface area contributed by atoms with Crippen LogP contribution in [0.5, 0.6) is 0 Å². The van der Waals surface area contributed by atoms with E-state index in [9.17, 15) is 0 Å². The van der Waals surface area contributed by atoms with Crippen molar-refractivity contribution in [3.8, 4) is 0 Å². The average molecular weight is 170 g/mol. The van der Waals surface area contributed by atoms with E-state index in [2.05, 4.69) is 38.0 Å². The molecule has 0 saturated carbocycles. The first-order valence-corrected chi connectivity index (χ1v) is 4.93. The largest absolute Gasteiger partial charge is 0.308 e. The van der Waals surface area contributed by atoms with Gasteiger partial charge in [-0.15, -0.1) is 0 Å². The summed E-state index contributed by atoms with van der Waals surface area (Å²) in [6.07, 6.45) is 2.67.